The highest BCUT2D eigenvalue weighted by Crippen LogP contribution is 2.44. The van der Waals surface area contributed by atoms with Gasteiger partial charge in [0.2, 0.25) is 0 Å². The summed E-state index contributed by atoms with van der Waals surface area (Å²) in [6, 6.07) is 16.7. The molecule has 34 heavy (non-hydrogen) atoms. The van der Waals surface area contributed by atoms with E-state index in [2.05, 4.69) is 72.8 Å². The van der Waals surface area contributed by atoms with Crippen molar-refractivity contribution in [2.24, 2.45) is 0 Å². The van der Waals surface area contributed by atoms with Crippen LogP contribution < -0.4 is 0 Å². The molecule has 6 nitrogen and oxygen atoms in total. The van der Waals surface area contributed by atoms with Crippen LogP contribution in [0.4, 0.5) is 4.79 Å². The third kappa shape index (κ3) is 3.62. The van der Waals surface area contributed by atoms with Gasteiger partial charge in [-0.1, -0.05) is 61.5 Å². The van der Waals surface area contributed by atoms with Crippen LogP contribution in [-0.2, 0) is 16.0 Å². The first-order valence-electron chi connectivity index (χ1n) is 12.2. The number of rotatable bonds is 5. The molecular formula is C28H29N3O3. The number of hydrogen-bond donors (Lipinski definition) is 0. The fourth-order valence-electron chi connectivity index (χ4n) is 5.64. The zero-order chi connectivity index (χ0) is 23.1. The van der Waals surface area contributed by atoms with Crippen LogP contribution in [-0.4, -0.2) is 52.7 Å². The molecule has 2 atom stereocenters. The second-order valence-electron chi connectivity index (χ2n) is 9.36. The summed E-state index contributed by atoms with van der Waals surface area (Å²) in [6.07, 6.45) is 7.74. The fraction of sp³-hybridized carbons (Fsp3) is 0.357. The van der Waals surface area contributed by atoms with Crippen LogP contribution in [0, 0.1) is 0 Å². The van der Waals surface area contributed by atoms with Gasteiger partial charge >= 0.3 is 6.09 Å². The highest BCUT2D eigenvalue weighted by atomic mass is 16.6. The van der Waals surface area contributed by atoms with Crippen molar-refractivity contribution >= 4 is 11.7 Å². The number of carbonyl (C=O) groups excluding carboxylic acids is 1. The molecule has 1 fully saturated rings. The second-order valence-corrected chi connectivity index (χ2v) is 9.36. The SMILES string of the molecule is CCCn1cc(C2=CC3COCC(C2)N3C(=O)OCC2c3ccccc3-c3ccccc32)cn1. The van der Waals surface area contributed by atoms with Crippen molar-refractivity contribution in [2.45, 2.75) is 44.3 Å². The molecule has 2 unspecified atom stereocenters. The van der Waals surface area contributed by atoms with E-state index in [0.717, 1.165) is 24.9 Å². The zero-order valence-corrected chi connectivity index (χ0v) is 19.4. The lowest BCUT2D eigenvalue weighted by molar-refractivity contribution is -0.0331. The molecular weight excluding hydrogens is 426 g/mol. The molecule has 1 aliphatic carbocycles. The molecule has 2 aromatic carbocycles. The number of aryl methyl sites for hydroxylation is 1. The molecule has 3 aliphatic rings. The van der Waals surface area contributed by atoms with E-state index >= 15 is 0 Å². The summed E-state index contributed by atoms with van der Waals surface area (Å²) in [6.45, 7) is 4.42. The highest BCUT2D eigenvalue weighted by Gasteiger charge is 2.40. The van der Waals surface area contributed by atoms with E-state index in [0.29, 0.717) is 19.8 Å². The van der Waals surface area contributed by atoms with Gasteiger partial charge in [0.1, 0.15) is 6.61 Å². The predicted octanol–water partition coefficient (Wildman–Crippen LogP) is 5.10. The van der Waals surface area contributed by atoms with Gasteiger partial charge in [0.25, 0.3) is 0 Å². The number of aromatic nitrogens is 2. The van der Waals surface area contributed by atoms with Crippen LogP contribution in [0.2, 0.25) is 0 Å². The molecule has 0 spiro atoms. The minimum atomic E-state index is -0.253. The number of amides is 1. The molecule has 0 N–H and O–H groups in total. The van der Waals surface area contributed by atoms with Crippen LogP contribution in [0.5, 0.6) is 0 Å². The van der Waals surface area contributed by atoms with Crippen LogP contribution in [0.3, 0.4) is 0 Å². The summed E-state index contributed by atoms with van der Waals surface area (Å²) >= 11 is 0. The van der Waals surface area contributed by atoms with E-state index in [9.17, 15) is 4.79 Å². The van der Waals surface area contributed by atoms with Crippen molar-refractivity contribution in [1.82, 2.24) is 14.7 Å². The van der Waals surface area contributed by atoms with Gasteiger partial charge < -0.3 is 9.47 Å². The van der Waals surface area contributed by atoms with Crippen LogP contribution >= 0.6 is 0 Å². The highest BCUT2D eigenvalue weighted by molar-refractivity contribution is 5.79. The first kappa shape index (κ1) is 21.2. The molecule has 3 heterocycles. The van der Waals surface area contributed by atoms with Gasteiger partial charge in [-0.2, -0.15) is 5.10 Å². The first-order chi connectivity index (χ1) is 16.7. The Kier molecular flexibility index (Phi) is 5.46. The maximum atomic E-state index is 13.3. The summed E-state index contributed by atoms with van der Waals surface area (Å²) < 4.78 is 13.8. The smallest absolute Gasteiger partial charge is 0.410 e. The van der Waals surface area contributed by atoms with Gasteiger partial charge in [-0.15, -0.1) is 0 Å². The Morgan fingerprint density at radius 3 is 2.53 bits per heavy atom. The average Bonchev–Trinajstić information content (AvgIpc) is 3.45. The lowest BCUT2D eigenvalue weighted by atomic mass is 9.91. The fourth-order valence-corrected chi connectivity index (χ4v) is 5.64. The van der Waals surface area contributed by atoms with Crippen molar-refractivity contribution < 1.29 is 14.3 Å². The monoisotopic (exact) mass is 455 g/mol. The molecule has 3 aromatic rings. The number of hydrogen-bond acceptors (Lipinski definition) is 4. The van der Waals surface area contributed by atoms with Gasteiger partial charge in [0, 0.05) is 24.2 Å². The van der Waals surface area contributed by atoms with Gasteiger partial charge in [-0.05, 0) is 40.7 Å². The maximum Gasteiger partial charge on any atom is 0.410 e. The molecule has 0 saturated carbocycles. The average molecular weight is 456 g/mol. The number of nitrogens with zero attached hydrogens (tertiary/aromatic N) is 3. The van der Waals surface area contributed by atoms with Gasteiger partial charge in [0.05, 0.1) is 31.5 Å². The minimum Gasteiger partial charge on any atom is -0.448 e. The van der Waals surface area contributed by atoms with E-state index in [1.807, 2.05) is 15.8 Å². The van der Waals surface area contributed by atoms with E-state index in [1.54, 1.807) is 0 Å². The third-order valence-corrected chi connectivity index (χ3v) is 7.20. The number of benzene rings is 2. The van der Waals surface area contributed by atoms with Gasteiger partial charge in [0.15, 0.2) is 0 Å². The summed E-state index contributed by atoms with van der Waals surface area (Å²) in [5, 5.41) is 4.48. The molecule has 0 radical (unpaired) electrons. The summed E-state index contributed by atoms with van der Waals surface area (Å²) in [7, 11) is 0. The van der Waals surface area contributed by atoms with E-state index in [1.165, 1.54) is 27.8 Å². The van der Waals surface area contributed by atoms with Crippen LogP contribution in [0.25, 0.3) is 16.7 Å². The molecule has 2 bridgehead atoms. The number of carbonyl (C=O) groups is 1. The Balaban J connectivity index is 1.20. The Hall–Kier alpha value is -3.38. The standard InChI is InChI=1S/C28H29N3O3/c1-2-11-30-15-20(14-29-30)19-12-21-16-33-17-22(13-19)31(21)28(32)34-18-27-25-9-5-3-7-23(25)24-8-4-6-10-26(24)27/h3-10,12,14-15,21-22,27H,2,11,13,16-18H2,1H3. The van der Waals surface area contributed by atoms with Gasteiger partial charge in [-0.3, -0.25) is 9.58 Å². The Morgan fingerprint density at radius 2 is 1.82 bits per heavy atom. The lowest BCUT2D eigenvalue weighted by Crippen LogP contribution is -2.56. The van der Waals surface area contributed by atoms with E-state index in [4.69, 9.17) is 9.47 Å². The molecule has 1 saturated heterocycles. The largest absolute Gasteiger partial charge is 0.448 e. The summed E-state index contributed by atoms with van der Waals surface area (Å²) in [5.74, 6) is 0.0627. The normalized spacial score (nSPS) is 21.1. The number of ether oxygens (including phenoxy) is 2. The number of fused-ring (bicyclic) bond motifs is 5. The zero-order valence-electron chi connectivity index (χ0n) is 19.4. The van der Waals surface area contributed by atoms with Crippen molar-refractivity contribution in [3.63, 3.8) is 0 Å². The predicted molar refractivity (Wildman–Crippen MR) is 130 cm³/mol. The minimum absolute atomic E-state index is 0.0241. The Bertz CT molecular complexity index is 1200. The molecule has 2 aliphatic heterocycles. The second kappa shape index (κ2) is 8.76. The number of morpholine rings is 1. The first-order valence-corrected chi connectivity index (χ1v) is 12.2. The van der Waals surface area contributed by atoms with E-state index in [-0.39, 0.29) is 24.1 Å². The summed E-state index contributed by atoms with van der Waals surface area (Å²) in [4.78, 5) is 15.2. The topological polar surface area (TPSA) is 56.6 Å². The molecule has 174 valence electrons. The van der Waals surface area contributed by atoms with Crippen LogP contribution in [0.15, 0.2) is 67.0 Å². The summed E-state index contributed by atoms with van der Waals surface area (Å²) in [5.41, 5.74) is 7.30. The molecule has 6 heteroatoms. The Morgan fingerprint density at radius 1 is 1.09 bits per heavy atom. The van der Waals surface area contributed by atoms with Crippen molar-refractivity contribution in [1.29, 1.82) is 0 Å². The lowest BCUT2D eigenvalue weighted by Gasteiger charge is -2.43. The molecule has 1 aromatic heterocycles. The molecule has 1 amide bonds. The van der Waals surface area contributed by atoms with Crippen molar-refractivity contribution in [3.05, 3.63) is 83.7 Å². The van der Waals surface area contributed by atoms with Crippen molar-refractivity contribution in [3.8, 4) is 11.1 Å². The molecule has 6 rings (SSSR count). The third-order valence-electron chi connectivity index (χ3n) is 7.20. The maximum absolute atomic E-state index is 13.3. The Labute approximate surface area is 199 Å². The quantitative estimate of drug-likeness (QED) is 0.537. The van der Waals surface area contributed by atoms with Crippen LogP contribution in [0.1, 0.15) is 42.4 Å². The van der Waals surface area contributed by atoms with E-state index < -0.39 is 0 Å². The van der Waals surface area contributed by atoms with Gasteiger partial charge in [-0.25, -0.2) is 4.79 Å². The van der Waals surface area contributed by atoms with Crippen molar-refractivity contribution in [2.75, 3.05) is 19.8 Å².